The molecule has 0 spiro atoms. The Morgan fingerprint density at radius 2 is 2.05 bits per heavy atom. The van der Waals surface area contributed by atoms with Crippen LogP contribution in [-0.4, -0.2) is 22.0 Å². The maximum Gasteiger partial charge on any atom is 0.304 e. The molecule has 2 aromatic rings. The van der Waals surface area contributed by atoms with Gasteiger partial charge in [-0.2, -0.15) is 0 Å². The van der Waals surface area contributed by atoms with Gasteiger partial charge in [0, 0.05) is 23.2 Å². The zero-order valence-corrected chi connectivity index (χ0v) is 12.7. The summed E-state index contributed by atoms with van der Waals surface area (Å²) in [6.07, 6.45) is 2.11. The molecule has 0 aliphatic rings. The number of carboxylic acid groups (broad SMARTS) is 1. The lowest BCUT2D eigenvalue weighted by molar-refractivity contribution is -0.140. The van der Waals surface area contributed by atoms with Crippen LogP contribution in [0.5, 0.6) is 0 Å². The Morgan fingerprint density at radius 3 is 2.73 bits per heavy atom. The molecule has 1 aromatic heterocycles. The molecule has 0 aliphatic heterocycles. The number of aliphatic carboxylic acids is 1. The number of fused-ring (bicyclic) bond motifs is 1. The fourth-order valence-electron chi connectivity index (χ4n) is 2.46. The number of nitrogens with zero attached hydrogens (tertiary/aromatic N) is 1. The number of carbonyl (C=O) groups excluding carboxylic acids is 1. The van der Waals surface area contributed by atoms with Crippen LogP contribution in [0.15, 0.2) is 36.5 Å². The molecule has 1 heterocycles. The Balaban J connectivity index is 2.14. The first-order chi connectivity index (χ1) is 10.5. The zero-order chi connectivity index (χ0) is 16.1. The number of amides is 1. The Bertz CT molecular complexity index is 682. The van der Waals surface area contributed by atoms with Crippen molar-refractivity contribution in [2.24, 2.45) is 11.8 Å². The summed E-state index contributed by atoms with van der Waals surface area (Å²) in [6.45, 7) is 3.95. The quantitative estimate of drug-likeness (QED) is 0.857. The molecule has 0 aliphatic carbocycles. The maximum atomic E-state index is 12.3. The van der Waals surface area contributed by atoms with Gasteiger partial charge < -0.3 is 10.4 Å². The van der Waals surface area contributed by atoms with Gasteiger partial charge >= 0.3 is 5.97 Å². The first-order valence-electron chi connectivity index (χ1n) is 7.33. The third-order valence-electron chi connectivity index (χ3n) is 3.42. The summed E-state index contributed by atoms with van der Waals surface area (Å²) in [5, 5.41) is 12.7. The summed E-state index contributed by atoms with van der Waals surface area (Å²) in [5.41, 5.74) is 1.51. The van der Waals surface area contributed by atoms with Crippen LogP contribution in [0.1, 0.15) is 26.7 Å². The fourth-order valence-corrected chi connectivity index (χ4v) is 2.46. The van der Waals surface area contributed by atoms with Crippen molar-refractivity contribution in [1.82, 2.24) is 4.98 Å². The smallest absolute Gasteiger partial charge is 0.304 e. The van der Waals surface area contributed by atoms with E-state index in [0.717, 1.165) is 10.9 Å². The summed E-state index contributed by atoms with van der Waals surface area (Å²) in [6, 6.07) is 9.20. The summed E-state index contributed by atoms with van der Waals surface area (Å²) in [5.74, 6) is -1.47. The third-order valence-corrected chi connectivity index (χ3v) is 3.42. The van der Waals surface area contributed by atoms with Gasteiger partial charge in [0.25, 0.3) is 0 Å². The van der Waals surface area contributed by atoms with E-state index in [0.29, 0.717) is 12.1 Å². The van der Waals surface area contributed by atoms with Crippen LogP contribution in [0, 0.1) is 11.8 Å². The van der Waals surface area contributed by atoms with Crippen LogP contribution in [-0.2, 0) is 9.59 Å². The average Bonchev–Trinajstić information content (AvgIpc) is 2.45. The molecule has 22 heavy (non-hydrogen) atoms. The molecule has 5 nitrogen and oxygen atoms in total. The number of nitrogens with one attached hydrogen (secondary N) is 1. The van der Waals surface area contributed by atoms with E-state index < -0.39 is 11.9 Å². The third kappa shape index (κ3) is 4.28. The second-order valence-electron chi connectivity index (χ2n) is 5.82. The molecule has 1 atom stereocenters. The van der Waals surface area contributed by atoms with Gasteiger partial charge in [-0.1, -0.05) is 19.9 Å². The predicted molar refractivity (Wildman–Crippen MR) is 85.6 cm³/mol. The second kappa shape index (κ2) is 7.02. The van der Waals surface area contributed by atoms with Gasteiger partial charge in [0.05, 0.1) is 11.9 Å². The molecule has 0 saturated carbocycles. The number of rotatable bonds is 6. The second-order valence-corrected chi connectivity index (χ2v) is 5.82. The largest absolute Gasteiger partial charge is 0.481 e. The Morgan fingerprint density at radius 1 is 1.27 bits per heavy atom. The molecule has 0 radical (unpaired) electrons. The number of hydrogen-bond donors (Lipinski definition) is 2. The minimum atomic E-state index is -0.955. The van der Waals surface area contributed by atoms with Gasteiger partial charge in [0.15, 0.2) is 0 Å². The topological polar surface area (TPSA) is 79.3 Å². The molecule has 1 unspecified atom stereocenters. The average molecular weight is 300 g/mol. The van der Waals surface area contributed by atoms with Gasteiger partial charge in [-0.05, 0) is 36.6 Å². The standard InChI is InChI=1S/C17H20N2O3/c1-11(2)8-13(10-16(20)21)17(22)19-14-5-6-15-12(9-14)4-3-7-18-15/h3-7,9,11,13H,8,10H2,1-2H3,(H,19,22)(H,20,21). The lowest BCUT2D eigenvalue weighted by Gasteiger charge is -2.17. The molecule has 0 fully saturated rings. The molecule has 2 rings (SSSR count). The number of aromatic nitrogens is 1. The number of carbonyl (C=O) groups is 2. The molecule has 116 valence electrons. The van der Waals surface area contributed by atoms with E-state index in [-0.39, 0.29) is 18.2 Å². The molecule has 5 heteroatoms. The van der Waals surface area contributed by atoms with Crippen LogP contribution >= 0.6 is 0 Å². The Hall–Kier alpha value is -2.43. The number of hydrogen-bond acceptors (Lipinski definition) is 3. The highest BCUT2D eigenvalue weighted by molar-refractivity contribution is 5.96. The van der Waals surface area contributed by atoms with Crippen molar-refractivity contribution in [1.29, 1.82) is 0 Å². The van der Waals surface area contributed by atoms with Gasteiger partial charge in [-0.25, -0.2) is 0 Å². The molecule has 1 aromatic carbocycles. The molecule has 2 N–H and O–H groups in total. The van der Waals surface area contributed by atoms with Gasteiger partial charge in [0.2, 0.25) is 5.91 Å². The first-order valence-corrected chi connectivity index (χ1v) is 7.33. The lowest BCUT2D eigenvalue weighted by Crippen LogP contribution is -2.26. The maximum absolute atomic E-state index is 12.3. The van der Waals surface area contributed by atoms with E-state index in [1.165, 1.54) is 0 Å². The van der Waals surface area contributed by atoms with Crippen LogP contribution in [0.3, 0.4) is 0 Å². The van der Waals surface area contributed by atoms with Gasteiger partial charge in [0.1, 0.15) is 0 Å². The number of carboxylic acids is 1. The predicted octanol–water partition coefficient (Wildman–Crippen LogP) is 3.31. The molecule has 1 amide bonds. The van der Waals surface area contributed by atoms with Crippen molar-refractivity contribution in [3.63, 3.8) is 0 Å². The number of anilines is 1. The van der Waals surface area contributed by atoms with Crippen molar-refractivity contribution < 1.29 is 14.7 Å². The highest BCUT2D eigenvalue weighted by Crippen LogP contribution is 2.21. The van der Waals surface area contributed by atoms with Crippen LogP contribution in [0.4, 0.5) is 5.69 Å². The highest BCUT2D eigenvalue weighted by Gasteiger charge is 2.22. The van der Waals surface area contributed by atoms with Crippen molar-refractivity contribution >= 4 is 28.5 Å². The number of benzene rings is 1. The highest BCUT2D eigenvalue weighted by atomic mass is 16.4. The normalized spacial score (nSPS) is 12.3. The van der Waals surface area contributed by atoms with E-state index in [1.54, 1.807) is 12.3 Å². The van der Waals surface area contributed by atoms with Crippen molar-refractivity contribution in [3.05, 3.63) is 36.5 Å². The molecule has 0 saturated heterocycles. The van der Waals surface area contributed by atoms with Crippen molar-refractivity contribution in [2.75, 3.05) is 5.32 Å². The van der Waals surface area contributed by atoms with Crippen molar-refractivity contribution in [3.8, 4) is 0 Å². The summed E-state index contributed by atoms with van der Waals surface area (Å²) in [7, 11) is 0. The van der Waals surface area contributed by atoms with Crippen LogP contribution in [0.2, 0.25) is 0 Å². The molecular formula is C17H20N2O3. The van der Waals surface area contributed by atoms with Crippen LogP contribution in [0.25, 0.3) is 10.9 Å². The Kier molecular flexibility index (Phi) is 5.09. The SMILES string of the molecule is CC(C)CC(CC(=O)O)C(=O)Nc1ccc2ncccc2c1. The summed E-state index contributed by atoms with van der Waals surface area (Å²) in [4.78, 5) is 27.5. The summed E-state index contributed by atoms with van der Waals surface area (Å²) >= 11 is 0. The molecular weight excluding hydrogens is 280 g/mol. The van der Waals surface area contributed by atoms with E-state index in [4.69, 9.17) is 5.11 Å². The first kappa shape index (κ1) is 15.9. The number of pyridine rings is 1. The fraction of sp³-hybridized carbons (Fsp3) is 0.353. The van der Waals surface area contributed by atoms with E-state index in [1.807, 2.05) is 38.1 Å². The summed E-state index contributed by atoms with van der Waals surface area (Å²) < 4.78 is 0. The van der Waals surface area contributed by atoms with E-state index >= 15 is 0 Å². The Labute approximate surface area is 129 Å². The monoisotopic (exact) mass is 300 g/mol. The zero-order valence-electron chi connectivity index (χ0n) is 12.7. The van der Waals surface area contributed by atoms with E-state index in [2.05, 4.69) is 10.3 Å². The molecule has 0 bridgehead atoms. The van der Waals surface area contributed by atoms with E-state index in [9.17, 15) is 9.59 Å². The van der Waals surface area contributed by atoms with Gasteiger partial charge in [-0.15, -0.1) is 0 Å². The van der Waals surface area contributed by atoms with Crippen LogP contribution < -0.4 is 5.32 Å². The minimum Gasteiger partial charge on any atom is -0.481 e. The van der Waals surface area contributed by atoms with Gasteiger partial charge in [-0.3, -0.25) is 14.6 Å². The lowest BCUT2D eigenvalue weighted by atomic mass is 9.93. The minimum absolute atomic E-state index is 0.154. The van der Waals surface area contributed by atoms with Crippen molar-refractivity contribution in [2.45, 2.75) is 26.7 Å².